The molecule has 34 heavy (non-hydrogen) atoms. The highest BCUT2D eigenvalue weighted by molar-refractivity contribution is 5.96. The molecule has 10 nitrogen and oxygen atoms in total. The lowest BCUT2D eigenvalue weighted by atomic mass is 9.85. The molecule has 2 heterocycles. The van der Waals surface area contributed by atoms with Crippen LogP contribution in [0.4, 0.5) is 13.2 Å². The summed E-state index contributed by atoms with van der Waals surface area (Å²) in [5.41, 5.74) is 4.36. The third-order valence-corrected chi connectivity index (χ3v) is 6.69. The Bertz CT molecular complexity index is 887. The van der Waals surface area contributed by atoms with Crippen molar-refractivity contribution in [1.82, 2.24) is 20.9 Å². The summed E-state index contributed by atoms with van der Waals surface area (Å²) in [5, 5.41) is 6.94. The molecule has 0 radical (unpaired) electrons. The van der Waals surface area contributed by atoms with Crippen LogP contribution in [0.25, 0.3) is 0 Å². The number of nitrogens with zero attached hydrogens (tertiary/aromatic N) is 1. The molecule has 1 aliphatic carbocycles. The quantitative estimate of drug-likeness (QED) is 0.377. The van der Waals surface area contributed by atoms with Gasteiger partial charge in [-0.05, 0) is 36.5 Å². The molecule has 3 fully saturated rings. The third-order valence-electron chi connectivity index (χ3n) is 6.69. The van der Waals surface area contributed by atoms with Gasteiger partial charge in [0, 0.05) is 19.0 Å². The maximum Gasteiger partial charge on any atom is 0.471 e. The lowest BCUT2D eigenvalue weighted by Gasteiger charge is -2.36. The van der Waals surface area contributed by atoms with Crippen LogP contribution in [0.5, 0.6) is 0 Å². The Morgan fingerprint density at radius 1 is 1.18 bits per heavy atom. The van der Waals surface area contributed by atoms with Crippen molar-refractivity contribution in [2.75, 3.05) is 13.1 Å². The highest BCUT2D eigenvalue weighted by Crippen LogP contribution is 2.50. The van der Waals surface area contributed by atoms with Crippen LogP contribution in [-0.2, 0) is 24.0 Å². The van der Waals surface area contributed by atoms with E-state index in [0.29, 0.717) is 19.4 Å². The Balaban J connectivity index is 1.76. The number of primary amides is 1. The predicted molar refractivity (Wildman–Crippen MR) is 111 cm³/mol. The van der Waals surface area contributed by atoms with E-state index in [1.54, 1.807) is 5.32 Å². The summed E-state index contributed by atoms with van der Waals surface area (Å²) >= 11 is 0. The van der Waals surface area contributed by atoms with Crippen LogP contribution in [-0.4, -0.2) is 71.8 Å². The van der Waals surface area contributed by atoms with Gasteiger partial charge in [-0.25, -0.2) is 0 Å². The summed E-state index contributed by atoms with van der Waals surface area (Å²) < 4.78 is 38.6. The second kappa shape index (κ2) is 9.06. The Labute approximate surface area is 194 Å². The van der Waals surface area contributed by atoms with Gasteiger partial charge in [0.05, 0.1) is 0 Å². The molecule has 3 rings (SSSR count). The molecule has 2 saturated heterocycles. The Morgan fingerprint density at radius 2 is 1.82 bits per heavy atom. The number of rotatable bonds is 7. The lowest BCUT2D eigenvalue weighted by Crippen LogP contribution is -2.61. The fraction of sp³-hybridized carbons (Fsp3) is 0.762. The molecule has 6 atom stereocenters. The first-order chi connectivity index (χ1) is 15.6. The molecule has 2 aliphatic heterocycles. The maximum atomic E-state index is 13.3. The molecular weight excluding hydrogens is 459 g/mol. The summed E-state index contributed by atoms with van der Waals surface area (Å²) in [6.45, 7) is 5.13. The van der Waals surface area contributed by atoms with Gasteiger partial charge in [0.2, 0.25) is 23.6 Å². The number of carbonyl (C=O) groups is 5. The van der Waals surface area contributed by atoms with E-state index in [2.05, 4.69) is 10.6 Å². The number of alkyl halides is 3. The highest BCUT2D eigenvalue weighted by Gasteiger charge is 2.58. The highest BCUT2D eigenvalue weighted by atomic mass is 19.4. The number of nitrogens with one attached hydrogen (secondary N) is 3. The van der Waals surface area contributed by atoms with Crippen molar-refractivity contribution < 1.29 is 37.1 Å². The molecule has 3 aliphatic rings. The van der Waals surface area contributed by atoms with Crippen molar-refractivity contribution in [1.29, 1.82) is 0 Å². The number of piperidine rings is 1. The molecule has 5 amide bonds. The number of carbonyl (C=O) groups excluding carboxylic acids is 5. The molecule has 13 heteroatoms. The molecule has 5 N–H and O–H groups in total. The predicted octanol–water partition coefficient (Wildman–Crippen LogP) is -0.577. The number of fused-ring (bicyclic) bond motifs is 1. The Hall–Kier alpha value is -2.86. The van der Waals surface area contributed by atoms with Gasteiger partial charge in [-0.1, -0.05) is 20.8 Å². The molecular formula is C21H30F3N5O5. The van der Waals surface area contributed by atoms with Crippen molar-refractivity contribution in [2.45, 2.75) is 64.3 Å². The van der Waals surface area contributed by atoms with Crippen LogP contribution in [0, 0.1) is 23.2 Å². The number of likely N-dealkylation sites (tertiary alicyclic amines) is 1. The zero-order valence-electron chi connectivity index (χ0n) is 19.2. The summed E-state index contributed by atoms with van der Waals surface area (Å²) in [7, 11) is 0. The van der Waals surface area contributed by atoms with E-state index in [9.17, 15) is 37.1 Å². The topological polar surface area (TPSA) is 151 Å². The van der Waals surface area contributed by atoms with E-state index in [1.807, 2.05) is 0 Å². The summed E-state index contributed by atoms with van der Waals surface area (Å²) in [6.07, 6.45) is -4.02. The van der Waals surface area contributed by atoms with Gasteiger partial charge in [0.25, 0.3) is 0 Å². The van der Waals surface area contributed by atoms with E-state index in [4.69, 9.17) is 5.73 Å². The molecule has 0 spiro atoms. The Kier molecular flexibility index (Phi) is 6.87. The van der Waals surface area contributed by atoms with Crippen molar-refractivity contribution in [3.63, 3.8) is 0 Å². The number of halogens is 3. The molecule has 0 aromatic carbocycles. The van der Waals surface area contributed by atoms with E-state index in [0.717, 1.165) is 0 Å². The fourth-order valence-corrected chi connectivity index (χ4v) is 4.71. The lowest BCUT2D eigenvalue weighted by molar-refractivity contribution is -0.176. The monoisotopic (exact) mass is 489 g/mol. The van der Waals surface area contributed by atoms with Crippen molar-refractivity contribution in [3.05, 3.63) is 0 Å². The van der Waals surface area contributed by atoms with E-state index < -0.39 is 59.3 Å². The summed E-state index contributed by atoms with van der Waals surface area (Å²) in [6, 6.07) is -3.67. The third kappa shape index (κ3) is 5.44. The smallest absolute Gasteiger partial charge is 0.368 e. The van der Waals surface area contributed by atoms with Gasteiger partial charge in [0.1, 0.15) is 18.1 Å². The van der Waals surface area contributed by atoms with Gasteiger partial charge in [0.15, 0.2) is 0 Å². The Morgan fingerprint density at radius 3 is 2.32 bits per heavy atom. The minimum atomic E-state index is -5.17. The van der Waals surface area contributed by atoms with Crippen LogP contribution in [0.2, 0.25) is 0 Å². The minimum Gasteiger partial charge on any atom is -0.368 e. The second-order valence-electron chi connectivity index (χ2n) is 10.3. The largest absolute Gasteiger partial charge is 0.471 e. The first-order valence-corrected chi connectivity index (χ1v) is 11.2. The van der Waals surface area contributed by atoms with Gasteiger partial charge in [-0.15, -0.1) is 0 Å². The first kappa shape index (κ1) is 25.8. The molecule has 0 bridgehead atoms. The van der Waals surface area contributed by atoms with E-state index in [1.165, 1.54) is 25.7 Å². The van der Waals surface area contributed by atoms with Crippen LogP contribution in [0.1, 0.15) is 40.0 Å². The molecule has 0 aromatic rings. The average Bonchev–Trinajstić information content (AvgIpc) is 3.17. The van der Waals surface area contributed by atoms with Gasteiger partial charge < -0.3 is 26.6 Å². The standard InChI is InChI=1S/C21H30F3N5O5/c1-20(2,3)14(28-19(34)21(22,23)24)18(33)29-8-10-6-11(10)13(29)17(32)27-12(15(25)30)7-9-4-5-26-16(9)31/h9-14H,4-8H2,1-3H3,(H2,25,30)(H,26,31)(H,27,32)(H,28,34)/t9-,10-,11-,12?,13-,14?/m0/s1. The summed E-state index contributed by atoms with van der Waals surface area (Å²) in [5.74, 6) is -5.46. The summed E-state index contributed by atoms with van der Waals surface area (Å²) in [4.78, 5) is 63.0. The zero-order valence-corrected chi connectivity index (χ0v) is 19.2. The number of hydrogen-bond donors (Lipinski definition) is 4. The van der Waals surface area contributed by atoms with Crippen LogP contribution >= 0.6 is 0 Å². The normalized spacial score (nSPS) is 27.9. The molecule has 2 unspecified atom stereocenters. The first-order valence-electron chi connectivity index (χ1n) is 11.2. The van der Waals surface area contributed by atoms with Crippen LogP contribution < -0.4 is 21.7 Å². The minimum absolute atomic E-state index is 0.00581. The number of hydrogen-bond acceptors (Lipinski definition) is 5. The average molecular weight is 489 g/mol. The van der Waals surface area contributed by atoms with E-state index >= 15 is 0 Å². The number of amides is 5. The van der Waals surface area contributed by atoms with Crippen molar-refractivity contribution >= 4 is 29.5 Å². The molecule has 1 saturated carbocycles. The SMILES string of the molecule is CC(C)(C)C(NC(=O)C(F)(F)F)C(=O)N1C[C@@H]2C[C@@H]2[C@H]1C(=O)NC(C[C@@H]1CCNC1=O)C(N)=O. The fourth-order valence-electron chi connectivity index (χ4n) is 4.71. The number of nitrogens with two attached hydrogens (primary N) is 1. The second-order valence-corrected chi connectivity index (χ2v) is 10.3. The van der Waals surface area contributed by atoms with Crippen LogP contribution in [0.15, 0.2) is 0 Å². The van der Waals surface area contributed by atoms with Crippen molar-refractivity contribution in [2.24, 2.45) is 28.9 Å². The van der Waals surface area contributed by atoms with Gasteiger partial charge in [-0.3, -0.25) is 24.0 Å². The molecule has 0 aromatic heterocycles. The van der Waals surface area contributed by atoms with Gasteiger partial charge in [-0.2, -0.15) is 13.2 Å². The molecule has 190 valence electrons. The van der Waals surface area contributed by atoms with Crippen LogP contribution in [0.3, 0.4) is 0 Å². The van der Waals surface area contributed by atoms with Crippen molar-refractivity contribution in [3.8, 4) is 0 Å². The zero-order chi connectivity index (χ0) is 25.6. The van der Waals surface area contributed by atoms with Gasteiger partial charge >= 0.3 is 12.1 Å². The van der Waals surface area contributed by atoms with E-state index in [-0.39, 0.29) is 30.7 Å². The maximum absolute atomic E-state index is 13.3.